The Morgan fingerprint density at radius 2 is 1.68 bits per heavy atom. The molecule has 2 aromatic heterocycles. The van der Waals surface area contributed by atoms with Crippen molar-refractivity contribution in [3.63, 3.8) is 0 Å². The zero-order chi connectivity index (χ0) is 29.2. The van der Waals surface area contributed by atoms with Gasteiger partial charge in [-0.25, -0.2) is 9.07 Å². The van der Waals surface area contributed by atoms with E-state index in [1.807, 2.05) is 0 Å². The van der Waals surface area contributed by atoms with Gasteiger partial charge in [0.1, 0.15) is 17.6 Å². The van der Waals surface area contributed by atoms with E-state index in [4.69, 9.17) is 9.47 Å². The van der Waals surface area contributed by atoms with Crippen molar-refractivity contribution in [2.45, 2.75) is 52.1 Å². The third-order valence-electron chi connectivity index (χ3n) is 6.37. The van der Waals surface area contributed by atoms with E-state index in [1.165, 1.54) is 17.6 Å². The first kappa shape index (κ1) is 28.7. The van der Waals surface area contributed by atoms with Gasteiger partial charge in [0.05, 0.1) is 23.4 Å². The molecule has 4 rings (SSSR count). The molecule has 4 aromatic rings. The molecule has 2 aromatic carbocycles. The normalized spacial score (nSPS) is 14.1. The molecule has 0 saturated heterocycles. The maximum atomic E-state index is 13.8. The van der Waals surface area contributed by atoms with Crippen LogP contribution in [0, 0.1) is 5.92 Å². The summed E-state index contributed by atoms with van der Waals surface area (Å²) in [6, 6.07) is 13.9. The van der Waals surface area contributed by atoms with E-state index in [-0.39, 0.29) is 17.2 Å². The number of nitrogens with one attached hydrogen (secondary N) is 1. The highest BCUT2D eigenvalue weighted by molar-refractivity contribution is 5.83. The second-order valence-electron chi connectivity index (χ2n) is 10.0. The highest BCUT2D eigenvalue weighted by atomic mass is 19.3. The molecule has 11 heteroatoms. The van der Waals surface area contributed by atoms with Crippen molar-refractivity contribution in [1.29, 1.82) is 0 Å². The topological polar surface area (TPSA) is 87.4 Å². The summed E-state index contributed by atoms with van der Waals surface area (Å²) in [6.07, 6.45) is 0.928. The van der Waals surface area contributed by atoms with E-state index in [2.05, 4.69) is 10.4 Å². The lowest BCUT2D eigenvalue weighted by Crippen LogP contribution is -2.49. The summed E-state index contributed by atoms with van der Waals surface area (Å²) in [6.45, 7) is 5.37. The zero-order valence-electron chi connectivity index (χ0n) is 22.8. The minimum atomic E-state index is -3.58. The van der Waals surface area contributed by atoms with E-state index in [9.17, 15) is 22.8 Å². The number of rotatable bonds is 10. The molecule has 1 unspecified atom stereocenters. The SMILES string of the molecule is CC(F)Oc1ccc([C@@H](Oc2ccc3c(cnn3-c3ccc(=O)n(C)c3)c2)[C@@H](NC(=O)C(C)(F)F)C(C)C)cc1. The molecule has 0 bridgehead atoms. The number of benzene rings is 2. The average Bonchev–Trinajstić information content (AvgIpc) is 3.30. The molecule has 1 N–H and O–H groups in total. The van der Waals surface area contributed by atoms with E-state index in [0.717, 1.165) is 10.9 Å². The Kier molecular flexibility index (Phi) is 8.22. The summed E-state index contributed by atoms with van der Waals surface area (Å²) in [5, 5.41) is 7.62. The fraction of sp³-hybridized carbons (Fsp3) is 0.345. The van der Waals surface area contributed by atoms with Crippen LogP contribution in [0.1, 0.15) is 39.4 Å². The first-order valence-corrected chi connectivity index (χ1v) is 12.7. The van der Waals surface area contributed by atoms with Crippen LogP contribution in [-0.4, -0.2) is 38.6 Å². The summed E-state index contributed by atoms with van der Waals surface area (Å²) in [5.74, 6) is -4.59. The van der Waals surface area contributed by atoms with E-state index in [1.54, 1.807) is 86.5 Å². The lowest BCUT2D eigenvalue weighted by atomic mass is 9.92. The Bertz CT molecular complexity index is 1540. The van der Waals surface area contributed by atoms with Gasteiger partial charge in [0.2, 0.25) is 11.9 Å². The van der Waals surface area contributed by atoms with Gasteiger partial charge in [-0.1, -0.05) is 26.0 Å². The van der Waals surface area contributed by atoms with Crippen molar-refractivity contribution >= 4 is 16.8 Å². The minimum Gasteiger partial charge on any atom is -0.484 e. The molecule has 8 nitrogen and oxygen atoms in total. The Morgan fingerprint density at radius 1 is 1.00 bits per heavy atom. The van der Waals surface area contributed by atoms with Crippen LogP contribution in [0.5, 0.6) is 11.5 Å². The van der Waals surface area contributed by atoms with Gasteiger partial charge in [0.25, 0.3) is 5.91 Å². The summed E-state index contributed by atoms with van der Waals surface area (Å²) < 4.78 is 55.6. The van der Waals surface area contributed by atoms with Crippen LogP contribution in [-0.2, 0) is 11.8 Å². The second kappa shape index (κ2) is 11.4. The molecule has 40 heavy (non-hydrogen) atoms. The number of ether oxygens (including phenoxy) is 2. The minimum absolute atomic E-state index is 0.145. The first-order valence-electron chi connectivity index (χ1n) is 12.7. The van der Waals surface area contributed by atoms with E-state index >= 15 is 0 Å². The zero-order valence-corrected chi connectivity index (χ0v) is 22.8. The molecule has 2 heterocycles. The van der Waals surface area contributed by atoms with Gasteiger partial charge in [0.15, 0.2) is 0 Å². The monoisotopic (exact) mass is 556 g/mol. The van der Waals surface area contributed by atoms with Crippen LogP contribution < -0.4 is 20.3 Å². The molecule has 0 aliphatic carbocycles. The number of alkyl halides is 3. The lowest BCUT2D eigenvalue weighted by Gasteiger charge is -2.32. The molecular formula is C29H31F3N4O4. The lowest BCUT2D eigenvalue weighted by molar-refractivity contribution is -0.145. The number of aromatic nitrogens is 3. The van der Waals surface area contributed by atoms with Gasteiger partial charge in [-0.15, -0.1) is 0 Å². The van der Waals surface area contributed by atoms with Crippen LogP contribution >= 0.6 is 0 Å². The number of carbonyl (C=O) groups excluding carboxylic acids is 1. The van der Waals surface area contributed by atoms with Crippen molar-refractivity contribution in [1.82, 2.24) is 19.7 Å². The van der Waals surface area contributed by atoms with E-state index in [0.29, 0.717) is 23.9 Å². The van der Waals surface area contributed by atoms with Gasteiger partial charge in [-0.05, 0) is 47.9 Å². The van der Waals surface area contributed by atoms with Crippen LogP contribution in [0.25, 0.3) is 16.6 Å². The van der Waals surface area contributed by atoms with Crippen LogP contribution in [0.2, 0.25) is 0 Å². The maximum Gasteiger partial charge on any atom is 0.321 e. The number of hydrogen-bond donors (Lipinski definition) is 1. The Balaban J connectivity index is 1.70. The number of fused-ring (bicyclic) bond motifs is 1. The van der Waals surface area contributed by atoms with Crippen molar-refractivity contribution in [2.24, 2.45) is 13.0 Å². The van der Waals surface area contributed by atoms with Crippen molar-refractivity contribution in [2.75, 3.05) is 0 Å². The summed E-state index contributed by atoms with van der Waals surface area (Å²) in [4.78, 5) is 24.1. The molecule has 1 amide bonds. The number of amides is 1. The number of hydrogen-bond acceptors (Lipinski definition) is 5. The van der Waals surface area contributed by atoms with Gasteiger partial charge in [-0.2, -0.15) is 13.9 Å². The maximum absolute atomic E-state index is 13.8. The Labute approximate surface area is 229 Å². The fourth-order valence-electron chi connectivity index (χ4n) is 4.28. The van der Waals surface area contributed by atoms with Crippen molar-refractivity contribution in [3.8, 4) is 17.2 Å². The molecule has 0 spiro atoms. The number of nitrogens with zero attached hydrogens (tertiary/aromatic N) is 3. The largest absolute Gasteiger partial charge is 0.484 e. The molecule has 0 radical (unpaired) electrons. The number of aryl methyl sites for hydroxylation is 1. The highest BCUT2D eigenvalue weighted by Gasteiger charge is 2.38. The summed E-state index contributed by atoms with van der Waals surface area (Å²) in [7, 11) is 1.65. The predicted octanol–water partition coefficient (Wildman–Crippen LogP) is 5.33. The quantitative estimate of drug-likeness (QED) is 0.285. The summed E-state index contributed by atoms with van der Waals surface area (Å²) >= 11 is 0. The van der Waals surface area contributed by atoms with Crippen LogP contribution in [0.3, 0.4) is 0 Å². The van der Waals surface area contributed by atoms with E-state index < -0.39 is 30.3 Å². The standard InChI is InChI=1S/C29H31F3N4O4/c1-17(2)26(34-28(38)29(4,31)32)27(19-6-9-22(10-7-19)39-18(3)30)40-23-11-12-24-20(14-23)15-33-36(24)21-8-13-25(37)35(5)16-21/h6-18,26-27H,1-5H3,(H,34,38)/t18?,26-,27+/m0/s1. The fourth-order valence-corrected chi connectivity index (χ4v) is 4.28. The molecule has 0 aliphatic rings. The van der Waals surface area contributed by atoms with Gasteiger partial charge >= 0.3 is 5.92 Å². The molecule has 212 valence electrons. The molecule has 0 saturated carbocycles. The summed E-state index contributed by atoms with van der Waals surface area (Å²) in [5.41, 5.74) is 1.87. The predicted molar refractivity (Wildman–Crippen MR) is 145 cm³/mol. The van der Waals surface area contributed by atoms with Gasteiger partial charge in [-0.3, -0.25) is 9.59 Å². The molecule has 0 aliphatic heterocycles. The Morgan fingerprint density at radius 3 is 2.27 bits per heavy atom. The van der Waals surface area contributed by atoms with Gasteiger partial charge in [0, 0.05) is 38.5 Å². The third kappa shape index (κ3) is 6.47. The highest BCUT2D eigenvalue weighted by Crippen LogP contribution is 2.32. The van der Waals surface area contributed by atoms with Crippen molar-refractivity contribution in [3.05, 3.63) is 82.9 Å². The van der Waals surface area contributed by atoms with Crippen LogP contribution in [0.4, 0.5) is 13.2 Å². The average molecular weight is 557 g/mol. The molecule has 3 atom stereocenters. The van der Waals surface area contributed by atoms with Crippen molar-refractivity contribution < 1.29 is 27.4 Å². The third-order valence-corrected chi connectivity index (χ3v) is 6.37. The smallest absolute Gasteiger partial charge is 0.321 e. The number of carbonyl (C=O) groups is 1. The first-order chi connectivity index (χ1) is 18.8. The second-order valence-corrected chi connectivity index (χ2v) is 10.0. The van der Waals surface area contributed by atoms with Gasteiger partial charge < -0.3 is 19.4 Å². The molecule has 0 fully saturated rings. The molecular weight excluding hydrogens is 525 g/mol. The van der Waals surface area contributed by atoms with Crippen LogP contribution in [0.15, 0.2) is 71.8 Å². The Hall–Kier alpha value is -4.28. The number of pyridine rings is 1. The number of halogens is 3.